The van der Waals surface area contributed by atoms with Gasteiger partial charge in [-0.25, -0.2) is 9.97 Å². The Morgan fingerprint density at radius 2 is 2.00 bits per heavy atom. The van der Waals surface area contributed by atoms with E-state index in [1.54, 1.807) is 12.3 Å². The van der Waals surface area contributed by atoms with E-state index in [0.717, 1.165) is 6.04 Å². The van der Waals surface area contributed by atoms with E-state index in [1.807, 2.05) is 4.57 Å². The topological polar surface area (TPSA) is 93.2 Å². The summed E-state index contributed by atoms with van der Waals surface area (Å²) >= 11 is 8.08. The zero-order valence-corrected chi connectivity index (χ0v) is 22.9. The van der Waals surface area contributed by atoms with Crippen LogP contribution in [0.4, 0.5) is 0 Å². The number of methoxy groups -OCH3 is 1. The molecule has 34 heavy (non-hydrogen) atoms. The highest BCUT2D eigenvalue weighted by Gasteiger charge is 2.22. The van der Waals surface area contributed by atoms with Gasteiger partial charge in [0.25, 0.3) is 0 Å². The summed E-state index contributed by atoms with van der Waals surface area (Å²) in [6, 6.07) is 6.36. The summed E-state index contributed by atoms with van der Waals surface area (Å²) in [5.74, 6) is 0.205. The van der Waals surface area contributed by atoms with Crippen LogP contribution in [-0.4, -0.2) is 47.4 Å². The van der Waals surface area contributed by atoms with Gasteiger partial charge in [-0.3, -0.25) is 0 Å². The fourth-order valence-corrected chi connectivity index (χ4v) is 5.37. The van der Waals surface area contributed by atoms with E-state index in [4.69, 9.17) is 31.0 Å². The fraction of sp³-hybridized carbons (Fsp3) is 0.458. The lowest BCUT2D eigenvalue weighted by Crippen LogP contribution is -2.15. The molecule has 10 heteroatoms. The van der Waals surface area contributed by atoms with E-state index in [-0.39, 0.29) is 23.5 Å². The van der Waals surface area contributed by atoms with Crippen LogP contribution in [0.15, 0.2) is 23.5 Å². The number of hydrogen-bond acceptors (Lipinski definition) is 7. The van der Waals surface area contributed by atoms with Crippen molar-refractivity contribution in [1.29, 1.82) is 5.26 Å². The average molecular weight is 518 g/mol. The quantitative estimate of drug-likeness (QED) is 0.145. The molecule has 7 nitrogen and oxygen atoms in total. The number of ether oxygens (including phenoxy) is 2. The number of nitrogens with zero attached hydrogens (tertiary/aromatic N) is 4. The molecule has 0 bridgehead atoms. The summed E-state index contributed by atoms with van der Waals surface area (Å²) in [4.78, 5) is 9.50. The van der Waals surface area contributed by atoms with Gasteiger partial charge in [0.2, 0.25) is 0 Å². The summed E-state index contributed by atoms with van der Waals surface area (Å²) in [6.07, 6.45) is 1.74. The van der Waals surface area contributed by atoms with Gasteiger partial charge < -0.3 is 19.1 Å². The minimum atomic E-state index is -0.443. The van der Waals surface area contributed by atoms with Crippen LogP contribution in [0.25, 0.3) is 22.3 Å². The number of phenolic OH excluding ortho intramolecular Hbond substituents is 1. The Kier molecular flexibility index (Phi) is 8.87. The van der Waals surface area contributed by atoms with Gasteiger partial charge in [0, 0.05) is 38.5 Å². The molecule has 0 aliphatic heterocycles. The predicted octanol–water partition coefficient (Wildman–Crippen LogP) is 6.35. The van der Waals surface area contributed by atoms with Crippen molar-refractivity contribution >= 4 is 43.2 Å². The van der Waals surface area contributed by atoms with Gasteiger partial charge in [0.1, 0.15) is 18.4 Å². The van der Waals surface area contributed by atoms with Crippen LogP contribution < -0.4 is 4.74 Å². The molecule has 0 aliphatic carbocycles. The molecule has 1 aromatic carbocycles. The molecule has 2 aromatic heterocycles. The summed E-state index contributed by atoms with van der Waals surface area (Å²) in [7, 11) is 1.02. The molecule has 3 rings (SSSR count). The van der Waals surface area contributed by atoms with Crippen LogP contribution in [0.2, 0.25) is 23.2 Å². The van der Waals surface area contributed by atoms with E-state index < -0.39 is 8.80 Å². The Hall–Kier alpha value is -2.25. The number of fused-ring (bicyclic) bond motifs is 1. The van der Waals surface area contributed by atoms with Crippen LogP contribution in [-0.2, 0) is 11.5 Å². The number of phenols is 1. The molecular weight excluding hydrogens is 488 g/mol. The summed E-state index contributed by atoms with van der Waals surface area (Å²) in [6.45, 7) is 11.9. The number of aromatic nitrogens is 3. The predicted molar refractivity (Wildman–Crippen MR) is 139 cm³/mol. The van der Waals surface area contributed by atoms with Crippen molar-refractivity contribution < 1.29 is 14.6 Å². The second kappa shape index (κ2) is 11.4. The third kappa shape index (κ3) is 5.86. The van der Waals surface area contributed by atoms with E-state index in [9.17, 15) is 10.4 Å². The molecule has 0 spiro atoms. The smallest absolute Gasteiger partial charge is 0.190 e. The first kappa shape index (κ1) is 26.4. The highest BCUT2D eigenvalue weighted by molar-refractivity contribution is 7.99. The number of benzene rings is 1. The van der Waals surface area contributed by atoms with Crippen molar-refractivity contribution in [1.82, 2.24) is 14.5 Å². The van der Waals surface area contributed by atoms with Crippen molar-refractivity contribution in [3.8, 4) is 28.8 Å². The van der Waals surface area contributed by atoms with Gasteiger partial charge in [0.15, 0.2) is 16.7 Å². The molecule has 0 amide bonds. The lowest BCUT2D eigenvalue weighted by molar-refractivity contribution is 0.0900. The monoisotopic (exact) mass is 517 g/mol. The lowest BCUT2D eigenvalue weighted by atomic mass is 10.1. The maximum Gasteiger partial charge on any atom is 0.190 e. The second-order valence-corrected chi connectivity index (χ2v) is 13.9. The van der Waals surface area contributed by atoms with Crippen molar-refractivity contribution in [2.75, 3.05) is 13.7 Å². The van der Waals surface area contributed by atoms with Crippen molar-refractivity contribution in [3.05, 3.63) is 28.9 Å². The Morgan fingerprint density at radius 3 is 2.62 bits per heavy atom. The molecule has 1 N–H and O–H groups in total. The molecule has 0 unspecified atom stereocenters. The van der Waals surface area contributed by atoms with Crippen LogP contribution in [0.1, 0.15) is 33.3 Å². The minimum Gasteiger partial charge on any atom is -0.504 e. The van der Waals surface area contributed by atoms with Gasteiger partial charge >= 0.3 is 0 Å². The number of nitriles is 1. The Labute approximate surface area is 211 Å². The van der Waals surface area contributed by atoms with Crippen molar-refractivity contribution in [2.45, 2.75) is 63.0 Å². The largest absolute Gasteiger partial charge is 0.504 e. The molecule has 0 saturated carbocycles. The van der Waals surface area contributed by atoms with E-state index in [0.29, 0.717) is 50.2 Å². The van der Waals surface area contributed by atoms with Gasteiger partial charge in [-0.05, 0) is 12.1 Å². The first-order valence-electron chi connectivity index (χ1n) is 11.1. The summed E-state index contributed by atoms with van der Waals surface area (Å²) in [5.41, 5.74) is 2.71. The van der Waals surface area contributed by atoms with Gasteiger partial charge in [0.05, 0.1) is 28.8 Å². The summed E-state index contributed by atoms with van der Waals surface area (Å²) in [5, 5.41) is 22.0. The minimum absolute atomic E-state index is 0.0599. The van der Waals surface area contributed by atoms with Gasteiger partial charge in [-0.1, -0.05) is 63.1 Å². The number of thioether (sulfide) groups is 1. The number of rotatable bonds is 10. The van der Waals surface area contributed by atoms with Gasteiger partial charge in [-0.2, -0.15) is 5.26 Å². The highest BCUT2D eigenvalue weighted by Crippen LogP contribution is 2.41. The molecule has 0 saturated heterocycles. The fourth-order valence-electron chi connectivity index (χ4n) is 3.38. The molecular formula is C24H30ClN4O3SSi. The maximum absolute atomic E-state index is 10.4. The molecule has 3 aromatic rings. The maximum atomic E-state index is 10.4. The molecule has 0 aliphatic rings. The normalized spacial score (nSPS) is 11.7. The van der Waals surface area contributed by atoms with Crippen LogP contribution >= 0.6 is 23.4 Å². The average Bonchev–Trinajstić information content (AvgIpc) is 3.14. The van der Waals surface area contributed by atoms with Crippen molar-refractivity contribution in [3.63, 3.8) is 0 Å². The zero-order valence-electron chi connectivity index (χ0n) is 20.3. The third-order valence-electron chi connectivity index (χ3n) is 5.54. The Morgan fingerprint density at radius 1 is 1.26 bits per heavy atom. The molecule has 0 fully saturated rings. The van der Waals surface area contributed by atoms with E-state index in [1.165, 1.54) is 24.9 Å². The third-order valence-corrected chi connectivity index (χ3v) is 9.68. The van der Waals surface area contributed by atoms with E-state index >= 15 is 0 Å². The van der Waals surface area contributed by atoms with Crippen molar-refractivity contribution in [2.24, 2.45) is 0 Å². The molecule has 2 heterocycles. The first-order chi connectivity index (χ1) is 16.2. The van der Waals surface area contributed by atoms with Gasteiger partial charge in [-0.15, -0.1) is 0 Å². The summed E-state index contributed by atoms with van der Waals surface area (Å²) < 4.78 is 13.0. The molecule has 0 atom stereocenters. The number of hydrogen-bond donors (Lipinski definition) is 1. The second-order valence-electron chi connectivity index (χ2n) is 8.64. The van der Waals surface area contributed by atoms with Crippen LogP contribution in [0.3, 0.4) is 0 Å². The lowest BCUT2D eigenvalue weighted by Gasteiger charge is -2.14. The molecule has 1 radical (unpaired) electrons. The Balaban J connectivity index is 2.10. The number of halogens is 1. The first-order valence-corrected chi connectivity index (χ1v) is 14.6. The SMILES string of the molecule is COc1cc(Cl)c(-c2nc(SC(C)C)nc3c2c(C#N)cn3COCC[Si](C)C(C)C)cc1O. The van der Waals surface area contributed by atoms with Crippen LogP contribution in [0.5, 0.6) is 11.5 Å². The molecule has 181 valence electrons. The zero-order chi connectivity index (χ0) is 25.0. The number of aromatic hydroxyl groups is 1. The van der Waals surface area contributed by atoms with E-state index in [2.05, 4.69) is 40.3 Å². The standard InChI is InChI=1S/C24H30ClN4O3SSi/c1-14(2)33-24-27-22(17-9-19(30)20(31-5)10-18(17)25)21-16(11-26)12-29(23(21)28-24)13-32-7-8-34(6)15(3)4/h9-10,12,14-15,30H,7-8,13H2,1-6H3. The Bertz CT molecular complexity index is 1210. The highest BCUT2D eigenvalue weighted by atomic mass is 35.5. The van der Waals surface area contributed by atoms with Crippen LogP contribution in [0, 0.1) is 11.3 Å².